The Morgan fingerprint density at radius 1 is 1.21 bits per heavy atom. The third-order valence-corrected chi connectivity index (χ3v) is 4.59. The normalized spacial score (nSPS) is 15.9. The number of aromatic nitrogens is 3. The van der Waals surface area contributed by atoms with Crippen LogP contribution in [0.25, 0.3) is 11.0 Å². The number of rotatable bonds is 3. The molecule has 0 amide bonds. The van der Waals surface area contributed by atoms with Gasteiger partial charge in [-0.1, -0.05) is 19.3 Å². The van der Waals surface area contributed by atoms with Crippen LogP contribution in [-0.2, 0) is 6.54 Å². The maximum absolute atomic E-state index is 6.07. The topological polar surface area (TPSA) is 56.7 Å². The van der Waals surface area contributed by atoms with Gasteiger partial charge < -0.3 is 10.3 Å². The molecule has 0 saturated heterocycles. The first-order chi connectivity index (χ1) is 9.08. The second kappa shape index (κ2) is 4.51. The van der Waals surface area contributed by atoms with E-state index < -0.39 is 0 Å². The Morgan fingerprint density at radius 2 is 1.95 bits per heavy atom. The Kier molecular flexibility index (Phi) is 2.96. The Labute approximate surface area is 114 Å². The van der Waals surface area contributed by atoms with Gasteiger partial charge in [0.15, 0.2) is 0 Å². The first-order valence-corrected chi connectivity index (χ1v) is 7.17. The molecule has 4 nitrogen and oxygen atoms in total. The van der Waals surface area contributed by atoms with E-state index in [0.717, 1.165) is 29.3 Å². The van der Waals surface area contributed by atoms with E-state index in [9.17, 15) is 0 Å². The van der Waals surface area contributed by atoms with E-state index in [0.29, 0.717) is 5.82 Å². The van der Waals surface area contributed by atoms with Crippen LogP contribution in [0.5, 0.6) is 0 Å². The first kappa shape index (κ1) is 12.5. The molecule has 0 spiro atoms. The second-order valence-corrected chi connectivity index (χ2v) is 5.80. The van der Waals surface area contributed by atoms with Gasteiger partial charge in [-0.05, 0) is 38.7 Å². The summed E-state index contributed by atoms with van der Waals surface area (Å²) in [4.78, 5) is 8.90. The maximum atomic E-state index is 6.07. The minimum Gasteiger partial charge on any atom is -0.383 e. The summed E-state index contributed by atoms with van der Waals surface area (Å²) in [5.41, 5.74) is 9.58. The third kappa shape index (κ3) is 1.99. The largest absolute Gasteiger partial charge is 0.383 e. The van der Waals surface area contributed by atoms with Crippen molar-refractivity contribution in [3.8, 4) is 0 Å². The summed E-state index contributed by atoms with van der Waals surface area (Å²) in [7, 11) is 0. The molecule has 0 bridgehead atoms. The minimum absolute atomic E-state index is 0.616. The van der Waals surface area contributed by atoms with Gasteiger partial charge in [0.05, 0.1) is 5.39 Å². The molecule has 2 aromatic rings. The monoisotopic (exact) mass is 258 g/mol. The second-order valence-electron chi connectivity index (χ2n) is 5.80. The predicted octanol–water partition coefficient (Wildman–Crippen LogP) is 3.13. The van der Waals surface area contributed by atoms with E-state index in [1.165, 1.54) is 36.9 Å². The number of nitrogens with zero attached hydrogens (tertiary/aromatic N) is 3. The van der Waals surface area contributed by atoms with Crippen LogP contribution in [0, 0.1) is 26.7 Å². The summed E-state index contributed by atoms with van der Waals surface area (Å²) in [5, 5.41) is 1.04. The molecule has 1 fully saturated rings. The number of nitrogens with two attached hydrogens (primary N) is 1. The molecule has 2 heterocycles. The minimum atomic E-state index is 0.616. The average molecular weight is 258 g/mol. The van der Waals surface area contributed by atoms with Crippen molar-refractivity contribution in [2.24, 2.45) is 5.92 Å². The third-order valence-electron chi connectivity index (χ3n) is 4.59. The molecule has 1 aliphatic carbocycles. The molecule has 0 aliphatic heterocycles. The van der Waals surface area contributed by atoms with Crippen molar-refractivity contribution < 1.29 is 0 Å². The van der Waals surface area contributed by atoms with Gasteiger partial charge in [0.2, 0.25) is 0 Å². The summed E-state index contributed by atoms with van der Waals surface area (Å²) < 4.78 is 2.33. The van der Waals surface area contributed by atoms with Crippen molar-refractivity contribution in [1.82, 2.24) is 14.5 Å². The maximum Gasteiger partial charge on any atom is 0.146 e. The zero-order chi connectivity index (χ0) is 13.6. The fourth-order valence-corrected chi connectivity index (χ4v) is 3.04. The smallest absolute Gasteiger partial charge is 0.146 e. The SMILES string of the molecule is Cc1nc(N)c2c(C)c(C)n(CCC3CCC3)c2n1. The van der Waals surface area contributed by atoms with E-state index in [2.05, 4.69) is 28.4 Å². The summed E-state index contributed by atoms with van der Waals surface area (Å²) in [6.07, 6.45) is 5.46. The van der Waals surface area contributed by atoms with Gasteiger partial charge in [-0.25, -0.2) is 9.97 Å². The lowest BCUT2D eigenvalue weighted by atomic mass is 9.83. The van der Waals surface area contributed by atoms with Crippen LogP contribution in [0.3, 0.4) is 0 Å². The van der Waals surface area contributed by atoms with E-state index in [-0.39, 0.29) is 0 Å². The molecule has 2 aromatic heterocycles. The van der Waals surface area contributed by atoms with Crippen molar-refractivity contribution >= 4 is 16.9 Å². The average Bonchev–Trinajstić information content (AvgIpc) is 2.51. The molecule has 0 unspecified atom stereocenters. The standard InChI is InChI=1S/C15H22N4/c1-9-10(2)19(8-7-12-5-4-6-12)15-13(9)14(16)17-11(3)18-15/h12H,4-8H2,1-3H3,(H2,16,17,18). The molecule has 0 radical (unpaired) electrons. The van der Waals surface area contributed by atoms with E-state index in [4.69, 9.17) is 5.73 Å². The van der Waals surface area contributed by atoms with Crippen molar-refractivity contribution in [2.45, 2.75) is 53.0 Å². The number of aryl methyl sites for hydroxylation is 3. The summed E-state index contributed by atoms with van der Waals surface area (Å²) in [6.45, 7) is 7.24. The zero-order valence-corrected chi connectivity index (χ0v) is 12.0. The van der Waals surface area contributed by atoms with Gasteiger partial charge >= 0.3 is 0 Å². The van der Waals surface area contributed by atoms with Crippen molar-refractivity contribution in [3.63, 3.8) is 0 Å². The molecule has 0 aromatic carbocycles. The summed E-state index contributed by atoms with van der Waals surface area (Å²) in [6, 6.07) is 0. The molecule has 4 heteroatoms. The Hall–Kier alpha value is -1.58. The number of hydrogen-bond acceptors (Lipinski definition) is 3. The van der Waals surface area contributed by atoms with Gasteiger partial charge in [0.1, 0.15) is 17.3 Å². The first-order valence-electron chi connectivity index (χ1n) is 7.17. The molecular formula is C15H22N4. The van der Waals surface area contributed by atoms with Crippen LogP contribution in [0.1, 0.15) is 42.8 Å². The lowest BCUT2D eigenvalue weighted by Crippen LogP contribution is -2.14. The zero-order valence-electron chi connectivity index (χ0n) is 12.0. The molecular weight excluding hydrogens is 236 g/mol. The lowest BCUT2D eigenvalue weighted by Gasteiger charge is -2.25. The fraction of sp³-hybridized carbons (Fsp3) is 0.600. The van der Waals surface area contributed by atoms with Crippen LogP contribution in [0.4, 0.5) is 5.82 Å². The molecule has 102 valence electrons. The molecule has 3 rings (SSSR count). The highest BCUT2D eigenvalue weighted by Crippen LogP contribution is 2.32. The summed E-state index contributed by atoms with van der Waals surface area (Å²) in [5.74, 6) is 2.29. The molecule has 2 N–H and O–H groups in total. The predicted molar refractivity (Wildman–Crippen MR) is 78.1 cm³/mol. The highest BCUT2D eigenvalue weighted by atomic mass is 15.1. The number of hydrogen-bond donors (Lipinski definition) is 1. The van der Waals surface area contributed by atoms with Crippen molar-refractivity contribution in [2.75, 3.05) is 5.73 Å². The highest BCUT2D eigenvalue weighted by molar-refractivity contribution is 5.91. The van der Waals surface area contributed by atoms with Crippen LogP contribution in [0.2, 0.25) is 0 Å². The van der Waals surface area contributed by atoms with E-state index in [1.807, 2.05) is 6.92 Å². The number of nitrogen functional groups attached to an aromatic ring is 1. The van der Waals surface area contributed by atoms with Gasteiger partial charge in [-0.3, -0.25) is 0 Å². The number of fused-ring (bicyclic) bond motifs is 1. The fourth-order valence-electron chi connectivity index (χ4n) is 3.04. The van der Waals surface area contributed by atoms with Gasteiger partial charge in [0.25, 0.3) is 0 Å². The molecule has 1 aliphatic rings. The van der Waals surface area contributed by atoms with Crippen molar-refractivity contribution in [1.29, 1.82) is 0 Å². The summed E-state index contributed by atoms with van der Waals surface area (Å²) >= 11 is 0. The number of anilines is 1. The Bertz CT molecular complexity index is 623. The lowest BCUT2D eigenvalue weighted by molar-refractivity contribution is 0.283. The van der Waals surface area contributed by atoms with Gasteiger partial charge in [-0.2, -0.15) is 0 Å². The van der Waals surface area contributed by atoms with Gasteiger partial charge in [0, 0.05) is 12.2 Å². The molecule has 1 saturated carbocycles. The quantitative estimate of drug-likeness (QED) is 0.920. The van der Waals surface area contributed by atoms with E-state index in [1.54, 1.807) is 0 Å². The molecule has 0 atom stereocenters. The highest BCUT2D eigenvalue weighted by Gasteiger charge is 2.20. The van der Waals surface area contributed by atoms with Crippen molar-refractivity contribution in [3.05, 3.63) is 17.1 Å². The van der Waals surface area contributed by atoms with E-state index >= 15 is 0 Å². The Balaban J connectivity index is 2.04. The van der Waals surface area contributed by atoms with Crippen LogP contribution < -0.4 is 5.73 Å². The van der Waals surface area contributed by atoms with Crippen LogP contribution in [0.15, 0.2) is 0 Å². The van der Waals surface area contributed by atoms with Gasteiger partial charge in [-0.15, -0.1) is 0 Å². The van der Waals surface area contributed by atoms with Crippen LogP contribution >= 0.6 is 0 Å². The molecule has 19 heavy (non-hydrogen) atoms. The Morgan fingerprint density at radius 3 is 2.58 bits per heavy atom. The van der Waals surface area contributed by atoms with Crippen LogP contribution in [-0.4, -0.2) is 14.5 Å².